The summed E-state index contributed by atoms with van der Waals surface area (Å²) in [5.41, 5.74) is 0.961. The van der Waals surface area contributed by atoms with Crippen molar-refractivity contribution in [1.82, 2.24) is 19.9 Å². The number of hydrogen-bond donors (Lipinski definition) is 0. The first-order valence-electron chi connectivity index (χ1n) is 5.95. The molecule has 98 valence electrons. The Bertz CT molecular complexity index is 521. The Hall–Kier alpha value is -1.88. The van der Waals surface area contributed by atoms with Crippen molar-refractivity contribution in [1.29, 1.82) is 0 Å². The number of carbonyl (C=O) groups excluding carboxylic acids is 1. The van der Waals surface area contributed by atoms with E-state index >= 15 is 0 Å². The van der Waals surface area contributed by atoms with E-state index in [0.717, 1.165) is 12.1 Å². The molecule has 0 bridgehead atoms. The second kappa shape index (κ2) is 6.89. The second-order valence-electron chi connectivity index (χ2n) is 4.14. The van der Waals surface area contributed by atoms with Crippen LogP contribution < -0.4 is 0 Å². The van der Waals surface area contributed by atoms with E-state index in [4.69, 9.17) is 11.6 Å². The molecule has 0 amide bonds. The van der Waals surface area contributed by atoms with E-state index in [-0.39, 0.29) is 0 Å². The van der Waals surface area contributed by atoms with Crippen molar-refractivity contribution in [3.8, 4) is 0 Å². The summed E-state index contributed by atoms with van der Waals surface area (Å²) in [6.07, 6.45) is 12.0. The maximum absolute atomic E-state index is 11.0. The van der Waals surface area contributed by atoms with E-state index in [1.807, 2.05) is 0 Å². The minimum atomic E-state index is 0.325. The van der Waals surface area contributed by atoms with Gasteiger partial charge in [-0.3, -0.25) is 19.7 Å². The predicted octanol–water partition coefficient (Wildman–Crippen LogP) is 2.44. The molecule has 0 radical (unpaired) electrons. The lowest BCUT2D eigenvalue weighted by molar-refractivity contribution is -0.117. The highest BCUT2D eigenvalue weighted by Crippen LogP contribution is 2.29. The average Bonchev–Trinajstić information content (AvgIpc) is 2.88. The number of aromatic nitrogens is 4. The predicted molar refractivity (Wildman–Crippen MR) is 70.7 cm³/mol. The van der Waals surface area contributed by atoms with Gasteiger partial charge in [-0.15, -0.1) is 0 Å². The molecule has 1 fully saturated rings. The lowest BCUT2D eigenvalue weighted by Crippen LogP contribution is -1.97. The Morgan fingerprint density at radius 1 is 1.05 bits per heavy atom. The van der Waals surface area contributed by atoms with Gasteiger partial charge >= 0.3 is 0 Å². The summed E-state index contributed by atoms with van der Waals surface area (Å²) in [5.74, 6) is 0.678. The summed E-state index contributed by atoms with van der Waals surface area (Å²) in [4.78, 5) is 26.5. The molecule has 0 aliphatic heterocycles. The van der Waals surface area contributed by atoms with Crippen molar-refractivity contribution in [3.05, 3.63) is 48.0 Å². The Kier molecular flexibility index (Phi) is 4.92. The third kappa shape index (κ3) is 4.37. The third-order valence-electron chi connectivity index (χ3n) is 2.78. The molecule has 6 heteroatoms. The van der Waals surface area contributed by atoms with Crippen LogP contribution in [0, 0.1) is 0 Å². The first-order chi connectivity index (χ1) is 9.25. The van der Waals surface area contributed by atoms with Crippen LogP contribution in [-0.4, -0.2) is 25.7 Å². The molecule has 1 aliphatic carbocycles. The van der Waals surface area contributed by atoms with E-state index in [1.165, 1.54) is 6.20 Å². The molecule has 1 atom stereocenters. The van der Waals surface area contributed by atoms with Gasteiger partial charge in [0.2, 0.25) is 0 Å². The van der Waals surface area contributed by atoms with Gasteiger partial charge in [-0.05, 0) is 6.42 Å². The van der Waals surface area contributed by atoms with E-state index in [9.17, 15) is 4.79 Å². The normalized spacial score (nSPS) is 17.7. The number of Topliss-reactive ketones (excluding diaryl/α,β-unsaturated/α-hetero) is 1. The molecule has 3 rings (SSSR count). The van der Waals surface area contributed by atoms with Crippen molar-refractivity contribution in [2.24, 2.45) is 0 Å². The minimum absolute atomic E-state index is 0.325. The average molecular weight is 277 g/mol. The Morgan fingerprint density at radius 2 is 1.79 bits per heavy atom. The van der Waals surface area contributed by atoms with Crippen LogP contribution in [0.5, 0.6) is 0 Å². The van der Waals surface area contributed by atoms with Crippen molar-refractivity contribution in [2.75, 3.05) is 0 Å². The van der Waals surface area contributed by atoms with Crippen LogP contribution in [0.1, 0.15) is 30.9 Å². The molecule has 0 spiro atoms. The van der Waals surface area contributed by atoms with Gasteiger partial charge in [0.1, 0.15) is 10.9 Å². The summed E-state index contributed by atoms with van der Waals surface area (Å²) in [6.45, 7) is 0. The summed E-state index contributed by atoms with van der Waals surface area (Å²) in [5, 5.41) is 0.433. The van der Waals surface area contributed by atoms with Gasteiger partial charge < -0.3 is 0 Å². The molecular weight excluding hydrogens is 264 g/mol. The van der Waals surface area contributed by atoms with E-state index < -0.39 is 0 Å². The Morgan fingerprint density at radius 3 is 2.21 bits per heavy atom. The number of halogens is 1. The molecule has 1 saturated carbocycles. The number of rotatable bonds is 1. The van der Waals surface area contributed by atoms with Gasteiger partial charge in [-0.1, -0.05) is 11.6 Å². The first-order valence-corrected chi connectivity index (χ1v) is 6.32. The fraction of sp³-hybridized carbons (Fsp3) is 0.308. The molecule has 5 nitrogen and oxygen atoms in total. The molecule has 2 aromatic rings. The molecule has 2 aromatic heterocycles. The molecule has 0 N–H and O–H groups in total. The maximum Gasteiger partial charge on any atom is 0.147 e. The van der Waals surface area contributed by atoms with Gasteiger partial charge in [0.05, 0.1) is 11.9 Å². The number of carbonyl (C=O) groups is 1. The van der Waals surface area contributed by atoms with Crippen LogP contribution in [0.25, 0.3) is 0 Å². The van der Waals surface area contributed by atoms with Crippen molar-refractivity contribution in [3.63, 3.8) is 0 Å². The number of ketones is 1. The number of nitrogens with zero attached hydrogens (tertiary/aromatic N) is 4. The first kappa shape index (κ1) is 13.5. The molecular formula is C13H13ClN4O. The van der Waals surface area contributed by atoms with E-state index in [0.29, 0.717) is 29.7 Å². The van der Waals surface area contributed by atoms with Crippen molar-refractivity contribution >= 4 is 17.4 Å². The molecule has 0 aromatic carbocycles. The zero-order chi connectivity index (χ0) is 13.5. The minimum Gasteiger partial charge on any atom is -0.300 e. The van der Waals surface area contributed by atoms with E-state index in [1.54, 1.807) is 31.0 Å². The fourth-order valence-corrected chi connectivity index (χ4v) is 1.98. The quantitative estimate of drug-likeness (QED) is 0.800. The fourth-order valence-electron chi connectivity index (χ4n) is 1.87. The van der Waals surface area contributed by atoms with Crippen molar-refractivity contribution < 1.29 is 4.79 Å². The Balaban J connectivity index is 0.000000163. The van der Waals surface area contributed by atoms with Crippen LogP contribution in [0.3, 0.4) is 0 Å². The highest BCUT2D eigenvalue weighted by Gasteiger charge is 2.24. The number of hydrogen-bond acceptors (Lipinski definition) is 5. The summed E-state index contributed by atoms with van der Waals surface area (Å²) >= 11 is 5.37. The van der Waals surface area contributed by atoms with Gasteiger partial charge in [-0.25, -0.2) is 4.98 Å². The highest BCUT2D eigenvalue weighted by molar-refractivity contribution is 6.29. The maximum atomic E-state index is 11.0. The molecule has 1 aliphatic rings. The summed E-state index contributed by atoms with van der Waals surface area (Å²) in [6, 6.07) is 0. The molecule has 0 saturated heterocycles. The summed E-state index contributed by atoms with van der Waals surface area (Å²) < 4.78 is 0. The standard InChI is InChI=1S/C9H10N2O.C4H3ClN2/c12-8-2-1-7(5-8)9-6-10-3-4-11-9;5-4-3-6-1-2-7-4/h3-4,6-7H,1-2,5H2;1-3H. The lowest BCUT2D eigenvalue weighted by Gasteiger charge is -2.04. The van der Waals surface area contributed by atoms with Crippen LogP contribution in [-0.2, 0) is 4.79 Å². The van der Waals surface area contributed by atoms with Crippen molar-refractivity contribution in [2.45, 2.75) is 25.2 Å². The van der Waals surface area contributed by atoms with Gasteiger partial charge in [-0.2, -0.15) is 0 Å². The van der Waals surface area contributed by atoms with Crippen LogP contribution >= 0.6 is 11.6 Å². The van der Waals surface area contributed by atoms with E-state index in [2.05, 4.69) is 19.9 Å². The smallest absolute Gasteiger partial charge is 0.147 e. The Labute approximate surface area is 116 Å². The van der Waals surface area contributed by atoms with Crippen LogP contribution in [0.4, 0.5) is 0 Å². The molecule has 2 heterocycles. The lowest BCUT2D eigenvalue weighted by atomic mass is 10.1. The molecule has 1 unspecified atom stereocenters. The zero-order valence-corrected chi connectivity index (χ0v) is 11.0. The van der Waals surface area contributed by atoms with Gasteiger partial charge in [0.15, 0.2) is 0 Å². The topological polar surface area (TPSA) is 68.6 Å². The largest absolute Gasteiger partial charge is 0.300 e. The highest BCUT2D eigenvalue weighted by atomic mass is 35.5. The van der Waals surface area contributed by atoms with Gasteiger partial charge in [0.25, 0.3) is 0 Å². The van der Waals surface area contributed by atoms with Crippen LogP contribution in [0.2, 0.25) is 5.15 Å². The zero-order valence-electron chi connectivity index (χ0n) is 10.2. The van der Waals surface area contributed by atoms with Crippen LogP contribution in [0.15, 0.2) is 37.2 Å². The monoisotopic (exact) mass is 276 g/mol. The summed E-state index contributed by atoms with van der Waals surface area (Å²) in [7, 11) is 0. The third-order valence-corrected chi connectivity index (χ3v) is 2.97. The molecule has 19 heavy (non-hydrogen) atoms. The second-order valence-corrected chi connectivity index (χ2v) is 4.52. The van der Waals surface area contributed by atoms with Gasteiger partial charge in [0, 0.05) is 49.7 Å². The SMILES string of the molecule is Clc1cnccn1.O=C1CCC(c2cnccn2)C1.